The van der Waals surface area contributed by atoms with E-state index in [9.17, 15) is 0 Å². The number of fused-ring (bicyclic) bond motifs is 1. The van der Waals surface area contributed by atoms with Gasteiger partial charge in [-0.3, -0.25) is 0 Å². The van der Waals surface area contributed by atoms with Crippen LogP contribution in [0.15, 0.2) is 12.1 Å². The molecule has 2 N–H and O–H groups in total. The maximum atomic E-state index is 6.32. The van der Waals surface area contributed by atoms with Crippen molar-refractivity contribution in [3.63, 3.8) is 0 Å². The minimum atomic E-state index is 0.185. The monoisotopic (exact) mass is 251 g/mol. The van der Waals surface area contributed by atoms with Gasteiger partial charge in [-0.1, -0.05) is 24.1 Å². The Morgan fingerprint density at radius 1 is 1.47 bits per heavy atom. The molecule has 1 aromatic carbocycles. The lowest BCUT2D eigenvalue weighted by atomic mass is 9.64. The predicted molar refractivity (Wildman–Crippen MR) is 69.8 cm³/mol. The number of rotatable bonds is 2. The molecule has 1 aliphatic carbocycles. The molecular formula is C14H18ClNO. The van der Waals surface area contributed by atoms with Crippen molar-refractivity contribution in [1.29, 1.82) is 0 Å². The number of halogens is 1. The Kier molecular flexibility index (Phi) is 2.60. The first kappa shape index (κ1) is 11.4. The first-order valence-corrected chi connectivity index (χ1v) is 6.72. The van der Waals surface area contributed by atoms with Crippen LogP contribution in [0.5, 0.6) is 5.75 Å². The second-order valence-corrected chi connectivity index (χ2v) is 5.82. The molecular weight excluding hydrogens is 234 g/mol. The summed E-state index contributed by atoms with van der Waals surface area (Å²) >= 11 is 6.32. The minimum absolute atomic E-state index is 0.185. The SMILES string of the molecule is CC1Cc2cc(C3(CN)CCC3)cc(Cl)c2O1. The van der Waals surface area contributed by atoms with E-state index in [1.165, 1.54) is 30.4 Å². The fraction of sp³-hybridized carbons (Fsp3) is 0.571. The maximum absolute atomic E-state index is 6.32. The summed E-state index contributed by atoms with van der Waals surface area (Å²) in [5, 5.41) is 0.751. The summed E-state index contributed by atoms with van der Waals surface area (Å²) in [4.78, 5) is 0. The van der Waals surface area contributed by atoms with Crippen LogP contribution >= 0.6 is 11.6 Å². The normalized spacial score (nSPS) is 25.0. The summed E-state index contributed by atoms with van der Waals surface area (Å²) in [6, 6.07) is 4.32. The molecule has 2 aliphatic rings. The zero-order chi connectivity index (χ0) is 12.0. The molecule has 1 aromatic rings. The van der Waals surface area contributed by atoms with Gasteiger partial charge >= 0.3 is 0 Å². The second kappa shape index (κ2) is 3.89. The molecule has 0 amide bonds. The van der Waals surface area contributed by atoms with Crippen LogP contribution in [0.1, 0.15) is 37.3 Å². The lowest BCUT2D eigenvalue weighted by Gasteiger charge is -2.41. The molecule has 0 saturated heterocycles. The third-order valence-electron chi connectivity index (χ3n) is 4.26. The zero-order valence-corrected chi connectivity index (χ0v) is 10.9. The number of benzene rings is 1. The molecule has 0 spiro atoms. The van der Waals surface area contributed by atoms with Crippen LogP contribution in [0, 0.1) is 0 Å². The van der Waals surface area contributed by atoms with Gasteiger partial charge in [0.05, 0.1) is 5.02 Å². The maximum Gasteiger partial charge on any atom is 0.141 e. The number of hydrogen-bond acceptors (Lipinski definition) is 2. The smallest absolute Gasteiger partial charge is 0.141 e. The number of nitrogens with two attached hydrogens (primary N) is 1. The standard InChI is InChI=1S/C14H18ClNO/c1-9-5-10-6-11(7-12(15)13(10)17-9)14(8-16)3-2-4-14/h6-7,9H,2-5,8,16H2,1H3. The van der Waals surface area contributed by atoms with Crippen LogP contribution in [-0.4, -0.2) is 12.6 Å². The summed E-state index contributed by atoms with van der Waals surface area (Å²) in [6.45, 7) is 2.80. The summed E-state index contributed by atoms with van der Waals surface area (Å²) in [7, 11) is 0. The Morgan fingerprint density at radius 3 is 2.82 bits per heavy atom. The fourth-order valence-corrected chi connectivity index (χ4v) is 3.29. The second-order valence-electron chi connectivity index (χ2n) is 5.42. The van der Waals surface area contributed by atoms with Crippen molar-refractivity contribution in [2.24, 2.45) is 5.73 Å². The first-order chi connectivity index (χ1) is 8.14. The van der Waals surface area contributed by atoms with Gasteiger partial charge in [0.25, 0.3) is 0 Å². The lowest BCUT2D eigenvalue weighted by Crippen LogP contribution is -2.41. The van der Waals surface area contributed by atoms with Crippen LogP contribution in [0.3, 0.4) is 0 Å². The average Bonchev–Trinajstić information content (AvgIpc) is 2.58. The van der Waals surface area contributed by atoms with Gasteiger partial charge in [-0.25, -0.2) is 0 Å². The molecule has 1 fully saturated rings. The summed E-state index contributed by atoms with van der Waals surface area (Å²) in [5.41, 5.74) is 8.70. The summed E-state index contributed by atoms with van der Waals surface area (Å²) in [6.07, 6.45) is 4.86. The minimum Gasteiger partial charge on any atom is -0.489 e. The Labute approximate surface area is 107 Å². The van der Waals surface area contributed by atoms with Crippen molar-refractivity contribution in [2.75, 3.05) is 6.54 Å². The van der Waals surface area contributed by atoms with Gasteiger partial charge in [-0.15, -0.1) is 0 Å². The lowest BCUT2D eigenvalue weighted by molar-refractivity contribution is 0.251. The van der Waals surface area contributed by atoms with E-state index in [0.29, 0.717) is 0 Å². The predicted octanol–water partition coefficient (Wildman–Crippen LogP) is 3.04. The summed E-state index contributed by atoms with van der Waals surface area (Å²) in [5.74, 6) is 0.884. The van der Waals surface area contributed by atoms with Crippen molar-refractivity contribution in [3.05, 3.63) is 28.3 Å². The van der Waals surface area contributed by atoms with Crippen LogP contribution in [-0.2, 0) is 11.8 Å². The summed E-state index contributed by atoms with van der Waals surface area (Å²) < 4.78 is 5.73. The molecule has 3 rings (SSSR count). The Hall–Kier alpha value is -0.730. The molecule has 1 unspecified atom stereocenters. The first-order valence-electron chi connectivity index (χ1n) is 6.34. The highest BCUT2D eigenvalue weighted by molar-refractivity contribution is 6.32. The van der Waals surface area contributed by atoms with E-state index in [-0.39, 0.29) is 11.5 Å². The topological polar surface area (TPSA) is 35.2 Å². The average molecular weight is 252 g/mol. The van der Waals surface area contributed by atoms with Crippen LogP contribution in [0.25, 0.3) is 0 Å². The van der Waals surface area contributed by atoms with Crippen molar-refractivity contribution in [2.45, 2.75) is 44.1 Å². The molecule has 0 bridgehead atoms. The molecule has 2 nitrogen and oxygen atoms in total. The number of ether oxygens (including phenoxy) is 1. The quantitative estimate of drug-likeness (QED) is 0.877. The van der Waals surface area contributed by atoms with E-state index in [1.54, 1.807) is 0 Å². The van der Waals surface area contributed by atoms with Crippen molar-refractivity contribution >= 4 is 11.6 Å². The molecule has 1 aliphatic heterocycles. The van der Waals surface area contributed by atoms with Gasteiger partial charge in [-0.05, 0) is 37.0 Å². The van der Waals surface area contributed by atoms with Crippen LogP contribution in [0.4, 0.5) is 0 Å². The Morgan fingerprint density at radius 2 is 2.24 bits per heavy atom. The molecule has 1 saturated carbocycles. The van der Waals surface area contributed by atoms with Gasteiger partial charge in [0.1, 0.15) is 11.9 Å². The Bertz CT molecular complexity index is 448. The Balaban J connectivity index is 2.03. The van der Waals surface area contributed by atoms with Gasteiger partial charge in [-0.2, -0.15) is 0 Å². The van der Waals surface area contributed by atoms with E-state index >= 15 is 0 Å². The number of hydrogen-bond donors (Lipinski definition) is 1. The fourth-order valence-electron chi connectivity index (χ4n) is 3.01. The van der Waals surface area contributed by atoms with E-state index in [0.717, 1.165) is 23.7 Å². The van der Waals surface area contributed by atoms with E-state index < -0.39 is 0 Å². The van der Waals surface area contributed by atoms with E-state index in [1.807, 2.05) is 0 Å². The van der Waals surface area contributed by atoms with Crippen LogP contribution in [0.2, 0.25) is 5.02 Å². The third kappa shape index (κ3) is 1.66. The molecule has 1 heterocycles. The van der Waals surface area contributed by atoms with Crippen molar-refractivity contribution in [3.8, 4) is 5.75 Å². The molecule has 0 aromatic heterocycles. The molecule has 0 radical (unpaired) electrons. The molecule has 17 heavy (non-hydrogen) atoms. The van der Waals surface area contributed by atoms with Gasteiger partial charge in [0.15, 0.2) is 0 Å². The highest BCUT2D eigenvalue weighted by Crippen LogP contribution is 2.46. The van der Waals surface area contributed by atoms with Crippen LogP contribution < -0.4 is 10.5 Å². The van der Waals surface area contributed by atoms with Crippen molar-refractivity contribution in [1.82, 2.24) is 0 Å². The largest absolute Gasteiger partial charge is 0.489 e. The van der Waals surface area contributed by atoms with E-state index in [2.05, 4.69) is 19.1 Å². The zero-order valence-electron chi connectivity index (χ0n) is 10.1. The molecule has 3 heteroatoms. The molecule has 92 valence electrons. The van der Waals surface area contributed by atoms with Gasteiger partial charge in [0.2, 0.25) is 0 Å². The molecule has 1 atom stereocenters. The highest BCUT2D eigenvalue weighted by Gasteiger charge is 2.38. The highest BCUT2D eigenvalue weighted by atomic mass is 35.5. The van der Waals surface area contributed by atoms with Gasteiger partial charge < -0.3 is 10.5 Å². The third-order valence-corrected chi connectivity index (χ3v) is 4.54. The van der Waals surface area contributed by atoms with Crippen molar-refractivity contribution < 1.29 is 4.74 Å². The van der Waals surface area contributed by atoms with Gasteiger partial charge in [0, 0.05) is 18.4 Å². The van der Waals surface area contributed by atoms with E-state index in [4.69, 9.17) is 22.1 Å².